The van der Waals surface area contributed by atoms with Gasteiger partial charge in [0.05, 0.1) is 23.8 Å². The normalized spacial score (nSPS) is 22.4. The molecule has 0 aliphatic carbocycles. The Hall–Kier alpha value is -4.07. The van der Waals surface area contributed by atoms with Crippen molar-refractivity contribution in [3.63, 3.8) is 0 Å². The molecule has 3 aromatic rings. The Morgan fingerprint density at radius 1 is 1.28 bits per heavy atom. The highest BCUT2D eigenvalue weighted by molar-refractivity contribution is 5.92. The molecule has 0 radical (unpaired) electrons. The van der Waals surface area contributed by atoms with Crippen LogP contribution in [0, 0.1) is 0 Å². The average Bonchev–Trinajstić information content (AvgIpc) is 3.46. The van der Waals surface area contributed by atoms with Gasteiger partial charge in [-0.1, -0.05) is 6.08 Å². The molecule has 0 bridgehead atoms. The Kier molecular flexibility index (Phi) is 5.82. The van der Waals surface area contributed by atoms with Crippen LogP contribution >= 0.6 is 0 Å². The molecule has 0 spiro atoms. The predicted octanol–water partition coefficient (Wildman–Crippen LogP) is 2.17. The summed E-state index contributed by atoms with van der Waals surface area (Å²) < 4.78 is 63.0. The molecule has 2 aliphatic heterocycles. The van der Waals surface area contributed by atoms with E-state index in [-0.39, 0.29) is 35.8 Å². The number of halogens is 4. The van der Waals surface area contributed by atoms with Crippen LogP contribution in [-0.2, 0) is 10.9 Å². The van der Waals surface area contributed by atoms with Crippen molar-refractivity contribution in [2.45, 2.75) is 24.6 Å². The zero-order valence-electron chi connectivity index (χ0n) is 18.8. The first kappa shape index (κ1) is 23.7. The number of carbonyl (C=O) groups is 1. The van der Waals surface area contributed by atoms with Crippen LogP contribution in [0.25, 0.3) is 11.1 Å². The number of hydrogen-bond acceptors (Lipinski definition) is 8. The first-order valence-corrected chi connectivity index (χ1v) is 10.8. The molecule has 3 aromatic heterocycles. The Morgan fingerprint density at radius 2 is 2.08 bits per heavy atom. The lowest BCUT2D eigenvalue weighted by atomic mass is 10.1. The molecule has 2 aliphatic rings. The number of nitrogens with two attached hydrogens (primary N) is 1. The number of ether oxygens (including phenoxy) is 1. The van der Waals surface area contributed by atoms with E-state index in [9.17, 15) is 18.0 Å². The molecule has 1 fully saturated rings. The van der Waals surface area contributed by atoms with Crippen LogP contribution in [0.5, 0.6) is 0 Å². The topological polar surface area (TPSA) is 115 Å². The zero-order chi connectivity index (χ0) is 25.6. The maximum atomic E-state index is 15.2. The zero-order valence-corrected chi connectivity index (χ0v) is 18.8. The van der Waals surface area contributed by atoms with E-state index in [1.165, 1.54) is 30.5 Å². The second-order valence-electron chi connectivity index (χ2n) is 8.27. The Balaban J connectivity index is 1.51. The van der Waals surface area contributed by atoms with E-state index in [0.29, 0.717) is 5.57 Å². The molecule has 2 N–H and O–H groups in total. The van der Waals surface area contributed by atoms with Crippen molar-refractivity contribution in [1.29, 1.82) is 0 Å². The van der Waals surface area contributed by atoms with E-state index in [0.717, 1.165) is 16.9 Å². The molecule has 0 saturated carbocycles. The van der Waals surface area contributed by atoms with Gasteiger partial charge in [-0.05, 0) is 24.3 Å². The van der Waals surface area contributed by atoms with E-state index in [2.05, 4.69) is 20.3 Å². The average molecular weight is 504 g/mol. The van der Waals surface area contributed by atoms with Crippen LogP contribution in [-0.4, -0.2) is 79.1 Å². The number of alkyl halides is 4. The fraction of sp³-hybridized carbons (Fsp3) is 0.318. The Labute approximate surface area is 201 Å². The molecule has 5 rings (SSSR count). The number of fused-ring (bicyclic) bond motifs is 1. The minimum atomic E-state index is -4.70. The largest absolute Gasteiger partial charge is 0.418 e. The number of anilines is 1. The third kappa shape index (κ3) is 4.02. The fourth-order valence-corrected chi connectivity index (χ4v) is 4.46. The lowest BCUT2D eigenvalue weighted by Crippen LogP contribution is -2.46. The maximum absolute atomic E-state index is 15.2. The molecular formula is C22H20F4N8O2. The molecule has 1 saturated heterocycles. The molecule has 1 amide bonds. The van der Waals surface area contributed by atoms with Crippen molar-refractivity contribution in [1.82, 2.24) is 34.6 Å². The molecule has 3 atom stereocenters. The number of hydrogen-bond donors (Lipinski definition) is 1. The van der Waals surface area contributed by atoms with E-state index < -0.39 is 36.1 Å². The van der Waals surface area contributed by atoms with E-state index in [1.54, 1.807) is 23.1 Å². The van der Waals surface area contributed by atoms with Crippen LogP contribution in [0.15, 0.2) is 49.1 Å². The number of likely N-dealkylation sites (tertiary alicyclic amines) is 1. The highest BCUT2D eigenvalue weighted by Gasteiger charge is 2.42. The minimum absolute atomic E-state index is 0.00583. The van der Waals surface area contributed by atoms with Gasteiger partial charge in [0.25, 0.3) is 5.91 Å². The van der Waals surface area contributed by atoms with Gasteiger partial charge < -0.3 is 20.3 Å². The second-order valence-corrected chi connectivity index (χ2v) is 8.27. The van der Waals surface area contributed by atoms with Crippen molar-refractivity contribution >= 4 is 22.8 Å². The monoisotopic (exact) mass is 504 g/mol. The molecule has 5 heterocycles. The summed E-state index contributed by atoms with van der Waals surface area (Å²) in [6.45, 7) is -0.179. The third-order valence-electron chi connectivity index (χ3n) is 6.13. The van der Waals surface area contributed by atoms with Gasteiger partial charge in [0.15, 0.2) is 11.5 Å². The summed E-state index contributed by atoms with van der Waals surface area (Å²) in [6.07, 6.45) is 0.262. The van der Waals surface area contributed by atoms with Gasteiger partial charge in [-0.2, -0.15) is 23.4 Å². The van der Waals surface area contributed by atoms with Crippen molar-refractivity contribution in [2.24, 2.45) is 0 Å². The molecule has 10 nitrogen and oxygen atoms in total. The SMILES string of the molecule is COC1C=CC(c2cc(C(F)(F)F)c3c(N)ncnn23)=CN1[C@@H]1CN(C(=O)c2cccnn2)C[C@@H]1F. The summed E-state index contributed by atoms with van der Waals surface area (Å²) in [7, 11) is 1.42. The smallest absolute Gasteiger partial charge is 0.382 e. The number of methoxy groups -OCH3 is 1. The van der Waals surface area contributed by atoms with Crippen LogP contribution < -0.4 is 5.73 Å². The number of allylic oxidation sites excluding steroid dienone is 2. The molecule has 0 aromatic carbocycles. The summed E-state index contributed by atoms with van der Waals surface area (Å²) >= 11 is 0. The minimum Gasteiger partial charge on any atom is -0.382 e. The van der Waals surface area contributed by atoms with Crippen LogP contribution in [0.3, 0.4) is 0 Å². The van der Waals surface area contributed by atoms with E-state index >= 15 is 4.39 Å². The van der Waals surface area contributed by atoms with Gasteiger partial charge in [0, 0.05) is 31.6 Å². The number of carbonyl (C=O) groups excluding carboxylic acids is 1. The highest BCUT2D eigenvalue weighted by Crippen LogP contribution is 2.38. The highest BCUT2D eigenvalue weighted by atomic mass is 19.4. The first-order chi connectivity index (χ1) is 17.2. The molecule has 188 valence electrons. The number of rotatable bonds is 4. The number of amides is 1. The second kappa shape index (κ2) is 8.86. The van der Waals surface area contributed by atoms with Gasteiger partial charge in [0.1, 0.15) is 24.2 Å². The van der Waals surface area contributed by atoms with Crippen molar-refractivity contribution in [3.8, 4) is 0 Å². The molecule has 1 unspecified atom stereocenters. The van der Waals surface area contributed by atoms with Crippen LogP contribution in [0.1, 0.15) is 21.7 Å². The number of nitrogens with zero attached hydrogens (tertiary/aromatic N) is 7. The van der Waals surface area contributed by atoms with E-state index in [4.69, 9.17) is 10.5 Å². The van der Waals surface area contributed by atoms with E-state index in [1.807, 2.05) is 0 Å². The molecular weight excluding hydrogens is 484 g/mol. The van der Waals surface area contributed by atoms with Gasteiger partial charge >= 0.3 is 6.18 Å². The standard InChI is InChI=1S/C22H20F4N8O2/c1-36-18-5-4-12(16-7-13(22(24,25)26)19-20(27)28-11-30-34(16)19)8-33(18)17-10-32(9-14(17)23)21(35)15-3-2-6-29-31-15/h2-8,11,14,17-18H,9-10H2,1H3,(H2,27,28,30)/t14-,17+,18?/m0/s1. The van der Waals surface area contributed by atoms with Crippen molar-refractivity contribution in [3.05, 3.63) is 66.0 Å². The predicted molar refractivity (Wildman–Crippen MR) is 119 cm³/mol. The maximum Gasteiger partial charge on any atom is 0.418 e. The number of aromatic nitrogens is 5. The molecule has 14 heteroatoms. The summed E-state index contributed by atoms with van der Waals surface area (Å²) in [5.74, 6) is -0.799. The van der Waals surface area contributed by atoms with Crippen molar-refractivity contribution in [2.75, 3.05) is 25.9 Å². The lowest BCUT2D eigenvalue weighted by molar-refractivity contribution is -0.136. The molecule has 36 heavy (non-hydrogen) atoms. The van der Waals surface area contributed by atoms with Crippen molar-refractivity contribution < 1.29 is 27.1 Å². The van der Waals surface area contributed by atoms with Gasteiger partial charge in [0.2, 0.25) is 0 Å². The Bertz CT molecular complexity index is 1360. The lowest BCUT2D eigenvalue weighted by Gasteiger charge is -2.36. The summed E-state index contributed by atoms with van der Waals surface area (Å²) in [5.41, 5.74) is 4.86. The van der Waals surface area contributed by atoms with Crippen LogP contribution in [0.4, 0.5) is 23.4 Å². The van der Waals surface area contributed by atoms with Gasteiger partial charge in [-0.25, -0.2) is 13.9 Å². The summed E-state index contributed by atoms with van der Waals surface area (Å²) in [4.78, 5) is 19.3. The van der Waals surface area contributed by atoms with Crippen LogP contribution in [0.2, 0.25) is 0 Å². The quantitative estimate of drug-likeness (QED) is 0.538. The third-order valence-corrected chi connectivity index (χ3v) is 6.13. The Morgan fingerprint density at radius 3 is 2.78 bits per heavy atom. The summed E-state index contributed by atoms with van der Waals surface area (Å²) in [6, 6.07) is 3.13. The fourth-order valence-electron chi connectivity index (χ4n) is 4.46. The summed E-state index contributed by atoms with van der Waals surface area (Å²) in [5, 5.41) is 11.4. The van der Waals surface area contributed by atoms with Gasteiger partial charge in [-0.15, -0.1) is 5.10 Å². The number of nitrogen functional groups attached to an aromatic ring is 1. The van der Waals surface area contributed by atoms with Gasteiger partial charge in [-0.3, -0.25) is 4.79 Å². The first-order valence-electron chi connectivity index (χ1n) is 10.8.